The number of rotatable bonds is 9. The molecule has 1 N–H and O–H groups in total. The standard InChI is InChI=1S/C21H23N3O4S/c1-15(20(25)22-10-11-27-2)28-21(26)17-14-24(13-16-7-4-3-5-8-16)23-19(17)18-9-6-12-29-18/h3-9,12,14-15H,10-11,13H2,1-2H3,(H,22,25)/t15-/m0/s1. The molecule has 1 aromatic carbocycles. The fraction of sp³-hybridized carbons (Fsp3) is 0.286. The van der Waals surface area contributed by atoms with Crippen molar-refractivity contribution in [2.45, 2.75) is 19.6 Å². The molecule has 29 heavy (non-hydrogen) atoms. The normalized spacial score (nSPS) is 11.8. The van der Waals surface area contributed by atoms with Gasteiger partial charge in [0, 0.05) is 19.9 Å². The molecule has 0 aliphatic heterocycles. The molecule has 1 amide bonds. The quantitative estimate of drug-likeness (QED) is 0.431. The van der Waals surface area contributed by atoms with Crippen molar-refractivity contribution in [3.8, 4) is 10.6 Å². The molecule has 1 atom stereocenters. The summed E-state index contributed by atoms with van der Waals surface area (Å²) in [6.45, 7) is 2.81. The van der Waals surface area contributed by atoms with Crippen LogP contribution in [-0.4, -0.2) is 48.0 Å². The third-order valence-electron chi connectivity index (χ3n) is 4.18. The van der Waals surface area contributed by atoms with E-state index < -0.39 is 12.1 Å². The first-order valence-electron chi connectivity index (χ1n) is 9.21. The first-order valence-corrected chi connectivity index (χ1v) is 10.1. The summed E-state index contributed by atoms with van der Waals surface area (Å²) in [6.07, 6.45) is 0.743. The number of ether oxygens (including phenoxy) is 2. The summed E-state index contributed by atoms with van der Waals surface area (Å²) in [7, 11) is 1.55. The fourth-order valence-electron chi connectivity index (χ4n) is 2.72. The molecule has 0 saturated carbocycles. The molecular formula is C21H23N3O4S. The maximum Gasteiger partial charge on any atom is 0.342 e. The fourth-order valence-corrected chi connectivity index (χ4v) is 3.44. The van der Waals surface area contributed by atoms with Crippen molar-refractivity contribution in [3.05, 3.63) is 65.2 Å². The van der Waals surface area contributed by atoms with E-state index in [1.807, 2.05) is 47.8 Å². The average Bonchev–Trinajstić information content (AvgIpc) is 3.38. The van der Waals surface area contributed by atoms with Crippen LogP contribution in [0.4, 0.5) is 0 Å². The molecule has 152 valence electrons. The summed E-state index contributed by atoms with van der Waals surface area (Å²) >= 11 is 1.49. The summed E-state index contributed by atoms with van der Waals surface area (Å²) in [5, 5.41) is 9.17. The molecule has 2 aromatic heterocycles. The highest BCUT2D eigenvalue weighted by Gasteiger charge is 2.24. The molecule has 0 spiro atoms. The van der Waals surface area contributed by atoms with E-state index in [1.54, 1.807) is 24.9 Å². The van der Waals surface area contributed by atoms with Crippen molar-refractivity contribution in [3.63, 3.8) is 0 Å². The molecule has 0 saturated heterocycles. The molecule has 7 nitrogen and oxygen atoms in total. The number of hydrogen-bond donors (Lipinski definition) is 1. The van der Waals surface area contributed by atoms with E-state index in [-0.39, 0.29) is 5.91 Å². The summed E-state index contributed by atoms with van der Waals surface area (Å²) in [4.78, 5) is 25.7. The number of amides is 1. The molecule has 3 aromatic rings. The Morgan fingerprint density at radius 2 is 2.00 bits per heavy atom. The Morgan fingerprint density at radius 3 is 2.69 bits per heavy atom. The smallest absolute Gasteiger partial charge is 0.342 e. The van der Waals surface area contributed by atoms with Gasteiger partial charge in [0.05, 0.1) is 18.0 Å². The van der Waals surface area contributed by atoms with Crippen LogP contribution in [0.1, 0.15) is 22.8 Å². The van der Waals surface area contributed by atoms with E-state index in [9.17, 15) is 9.59 Å². The molecule has 0 bridgehead atoms. The van der Waals surface area contributed by atoms with Crippen molar-refractivity contribution in [1.29, 1.82) is 0 Å². The Balaban J connectivity index is 1.77. The first kappa shape index (κ1) is 20.8. The minimum absolute atomic E-state index is 0.333. The number of carbonyl (C=O) groups is 2. The Labute approximate surface area is 173 Å². The van der Waals surface area contributed by atoms with Crippen LogP contribution in [0.15, 0.2) is 54.0 Å². The monoisotopic (exact) mass is 413 g/mol. The third-order valence-corrected chi connectivity index (χ3v) is 5.06. The van der Waals surface area contributed by atoms with Gasteiger partial charge in [0.15, 0.2) is 6.10 Å². The Hall–Kier alpha value is -2.97. The summed E-state index contributed by atoms with van der Waals surface area (Å²) in [5.74, 6) is -0.952. The molecule has 0 unspecified atom stereocenters. The lowest BCUT2D eigenvalue weighted by molar-refractivity contribution is -0.129. The Kier molecular flexibility index (Phi) is 7.15. The maximum absolute atomic E-state index is 12.8. The highest BCUT2D eigenvalue weighted by molar-refractivity contribution is 7.13. The highest BCUT2D eigenvalue weighted by Crippen LogP contribution is 2.27. The molecule has 0 aliphatic carbocycles. The second-order valence-corrected chi connectivity index (χ2v) is 7.33. The molecule has 3 rings (SSSR count). The summed E-state index contributed by atoms with van der Waals surface area (Å²) < 4.78 is 12.0. The number of nitrogens with zero attached hydrogens (tertiary/aromatic N) is 2. The number of aromatic nitrogens is 2. The zero-order valence-electron chi connectivity index (χ0n) is 16.3. The van der Waals surface area contributed by atoms with Crippen LogP contribution in [0.5, 0.6) is 0 Å². The van der Waals surface area contributed by atoms with Crippen LogP contribution in [0.2, 0.25) is 0 Å². The molecule has 0 aliphatic rings. The second kappa shape index (κ2) is 9.99. The number of esters is 1. The predicted octanol–water partition coefficient (Wildman–Crippen LogP) is 2.97. The van der Waals surface area contributed by atoms with Gasteiger partial charge in [0.25, 0.3) is 5.91 Å². The van der Waals surface area contributed by atoms with Crippen molar-refractivity contribution >= 4 is 23.2 Å². The topological polar surface area (TPSA) is 82.5 Å². The van der Waals surface area contributed by atoms with Crippen LogP contribution >= 0.6 is 11.3 Å². The van der Waals surface area contributed by atoms with Crippen molar-refractivity contribution in [2.24, 2.45) is 0 Å². The van der Waals surface area contributed by atoms with Crippen molar-refractivity contribution < 1.29 is 19.1 Å². The van der Waals surface area contributed by atoms with E-state index in [0.29, 0.717) is 31.0 Å². The van der Waals surface area contributed by atoms with Gasteiger partial charge in [-0.05, 0) is 23.9 Å². The molecule has 2 heterocycles. The van der Waals surface area contributed by atoms with Crippen molar-refractivity contribution in [2.75, 3.05) is 20.3 Å². The largest absolute Gasteiger partial charge is 0.449 e. The number of hydrogen-bond acceptors (Lipinski definition) is 6. The number of carbonyl (C=O) groups excluding carboxylic acids is 2. The Morgan fingerprint density at radius 1 is 1.21 bits per heavy atom. The van der Waals surface area contributed by atoms with Crippen LogP contribution in [0, 0.1) is 0 Å². The highest BCUT2D eigenvalue weighted by atomic mass is 32.1. The molecule has 8 heteroatoms. The van der Waals surface area contributed by atoms with Gasteiger partial charge in [0.1, 0.15) is 11.3 Å². The van der Waals surface area contributed by atoms with Crippen LogP contribution in [-0.2, 0) is 20.8 Å². The average molecular weight is 413 g/mol. The SMILES string of the molecule is COCCNC(=O)[C@H](C)OC(=O)c1cn(Cc2ccccc2)nc1-c1cccs1. The third kappa shape index (κ3) is 5.52. The van der Waals surface area contributed by atoms with Gasteiger partial charge in [-0.15, -0.1) is 11.3 Å². The van der Waals surface area contributed by atoms with Gasteiger partial charge in [0.2, 0.25) is 0 Å². The van der Waals surface area contributed by atoms with Gasteiger partial charge in [-0.25, -0.2) is 4.79 Å². The van der Waals surface area contributed by atoms with Gasteiger partial charge >= 0.3 is 5.97 Å². The van der Waals surface area contributed by atoms with E-state index in [0.717, 1.165) is 10.4 Å². The lowest BCUT2D eigenvalue weighted by Crippen LogP contribution is -2.37. The van der Waals surface area contributed by atoms with E-state index in [1.165, 1.54) is 11.3 Å². The van der Waals surface area contributed by atoms with E-state index >= 15 is 0 Å². The minimum atomic E-state index is -0.923. The molecule has 0 fully saturated rings. The summed E-state index contributed by atoms with van der Waals surface area (Å²) in [5.41, 5.74) is 1.95. The van der Waals surface area contributed by atoms with Gasteiger partial charge in [-0.2, -0.15) is 5.10 Å². The van der Waals surface area contributed by atoms with Crippen LogP contribution in [0.25, 0.3) is 10.6 Å². The van der Waals surface area contributed by atoms with Gasteiger partial charge < -0.3 is 14.8 Å². The summed E-state index contributed by atoms with van der Waals surface area (Å²) in [6, 6.07) is 13.7. The number of benzene rings is 1. The molecule has 0 radical (unpaired) electrons. The zero-order chi connectivity index (χ0) is 20.6. The zero-order valence-corrected chi connectivity index (χ0v) is 17.1. The lowest BCUT2D eigenvalue weighted by Gasteiger charge is -2.13. The second-order valence-electron chi connectivity index (χ2n) is 6.38. The van der Waals surface area contributed by atoms with Gasteiger partial charge in [-0.1, -0.05) is 36.4 Å². The van der Waals surface area contributed by atoms with E-state index in [2.05, 4.69) is 10.4 Å². The number of thiophene rings is 1. The van der Waals surface area contributed by atoms with E-state index in [4.69, 9.17) is 9.47 Å². The predicted molar refractivity (Wildman–Crippen MR) is 111 cm³/mol. The molecular weight excluding hydrogens is 390 g/mol. The Bertz CT molecular complexity index is 938. The number of nitrogens with one attached hydrogen (secondary N) is 1. The maximum atomic E-state index is 12.8. The van der Waals surface area contributed by atoms with Crippen LogP contribution in [0.3, 0.4) is 0 Å². The minimum Gasteiger partial charge on any atom is -0.449 e. The van der Waals surface area contributed by atoms with Crippen LogP contribution < -0.4 is 5.32 Å². The lowest BCUT2D eigenvalue weighted by atomic mass is 10.2. The number of methoxy groups -OCH3 is 1. The van der Waals surface area contributed by atoms with Crippen molar-refractivity contribution in [1.82, 2.24) is 15.1 Å². The first-order chi connectivity index (χ1) is 14.1. The van der Waals surface area contributed by atoms with Gasteiger partial charge in [-0.3, -0.25) is 9.48 Å².